The second-order valence-electron chi connectivity index (χ2n) is 8.48. The zero-order valence-electron chi connectivity index (χ0n) is 19.9. The van der Waals surface area contributed by atoms with E-state index < -0.39 is 10.0 Å². The van der Waals surface area contributed by atoms with Gasteiger partial charge in [-0.05, 0) is 41.5 Å². The molecule has 0 bridgehead atoms. The molecular weight excluding hydrogens is 468 g/mol. The van der Waals surface area contributed by atoms with Gasteiger partial charge in [-0.1, -0.05) is 6.08 Å². The Labute approximate surface area is 204 Å². The second-order valence-corrected chi connectivity index (χ2v) is 10.2. The molecule has 1 N–H and O–H groups in total. The number of nitrogens with one attached hydrogen (secondary N) is 1. The average molecular weight is 497 g/mol. The van der Waals surface area contributed by atoms with Crippen LogP contribution < -0.4 is 14.2 Å². The van der Waals surface area contributed by atoms with Gasteiger partial charge in [-0.3, -0.25) is 4.72 Å². The summed E-state index contributed by atoms with van der Waals surface area (Å²) in [5, 5.41) is 0.919. The Morgan fingerprint density at radius 1 is 1.09 bits per heavy atom. The van der Waals surface area contributed by atoms with Crippen molar-refractivity contribution < 1.29 is 22.6 Å². The monoisotopic (exact) mass is 496 g/mol. The summed E-state index contributed by atoms with van der Waals surface area (Å²) in [5.41, 5.74) is 4.61. The number of aromatic nitrogens is 2. The van der Waals surface area contributed by atoms with Gasteiger partial charge < -0.3 is 23.7 Å². The molecular formula is C25H28N4O5S. The first-order valence-corrected chi connectivity index (χ1v) is 12.8. The number of methoxy groups -OCH3 is 2. The molecule has 1 aromatic carbocycles. The van der Waals surface area contributed by atoms with Gasteiger partial charge in [0.2, 0.25) is 11.8 Å². The van der Waals surface area contributed by atoms with Crippen LogP contribution in [-0.4, -0.2) is 63.4 Å². The number of aryl methyl sites for hydroxylation is 1. The number of hydrogen-bond acceptors (Lipinski definition) is 7. The number of rotatable bonds is 6. The quantitative estimate of drug-likeness (QED) is 0.560. The van der Waals surface area contributed by atoms with Gasteiger partial charge in [-0.2, -0.15) is 4.98 Å². The van der Waals surface area contributed by atoms with E-state index in [1.54, 1.807) is 24.3 Å². The summed E-state index contributed by atoms with van der Waals surface area (Å²) in [6.07, 6.45) is 7.16. The molecule has 10 heteroatoms. The molecule has 1 saturated heterocycles. The number of morpholine rings is 1. The van der Waals surface area contributed by atoms with E-state index in [2.05, 4.69) is 37.5 Å². The lowest BCUT2D eigenvalue weighted by molar-refractivity contribution is 0.0591. The number of benzene rings is 1. The molecule has 5 rings (SSSR count). The molecule has 1 aliphatic carbocycles. The van der Waals surface area contributed by atoms with Gasteiger partial charge in [-0.15, -0.1) is 0 Å². The maximum Gasteiger partial charge on any atom is 0.262 e. The van der Waals surface area contributed by atoms with Gasteiger partial charge in [0, 0.05) is 55.4 Å². The number of allylic oxidation sites excluding steroid dienone is 2. The fraction of sp³-hybridized carbons (Fsp3) is 0.320. The average Bonchev–Trinajstić information content (AvgIpc) is 3.15. The van der Waals surface area contributed by atoms with Crippen LogP contribution >= 0.6 is 0 Å². The van der Waals surface area contributed by atoms with E-state index in [9.17, 15) is 8.42 Å². The lowest BCUT2D eigenvalue weighted by atomic mass is 9.97. The van der Waals surface area contributed by atoms with Crippen molar-refractivity contribution in [3.05, 3.63) is 59.4 Å². The predicted molar refractivity (Wildman–Crippen MR) is 134 cm³/mol. The minimum atomic E-state index is -3.89. The Bertz CT molecular complexity index is 1440. The van der Waals surface area contributed by atoms with Gasteiger partial charge in [0.1, 0.15) is 5.69 Å². The normalized spacial score (nSPS) is 17.0. The van der Waals surface area contributed by atoms with Gasteiger partial charge in [-0.25, -0.2) is 8.42 Å². The third kappa shape index (κ3) is 4.46. The van der Waals surface area contributed by atoms with Crippen molar-refractivity contribution in [1.29, 1.82) is 0 Å². The van der Waals surface area contributed by atoms with E-state index in [-0.39, 0.29) is 16.5 Å². The van der Waals surface area contributed by atoms with E-state index in [0.29, 0.717) is 5.88 Å². The van der Waals surface area contributed by atoms with E-state index in [1.165, 1.54) is 19.8 Å². The summed E-state index contributed by atoms with van der Waals surface area (Å²) in [7, 11) is 1.03. The number of hydrogen-bond donors (Lipinski definition) is 1. The summed E-state index contributed by atoms with van der Waals surface area (Å²) in [4.78, 5) is 6.60. The van der Waals surface area contributed by atoms with Gasteiger partial charge in [0.25, 0.3) is 10.0 Å². The van der Waals surface area contributed by atoms with Crippen LogP contribution in [0.4, 0.5) is 5.69 Å². The van der Waals surface area contributed by atoms with E-state index in [0.717, 1.165) is 54.9 Å². The predicted octanol–water partition coefficient (Wildman–Crippen LogP) is 3.18. The smallest absolute Gasteiger partial charge is 0.262 e. The van der Waals surface area contributed by atoms with Crippen LogP contribution in [-0.2, 0) is 28.2 Å². The molecule has 2 aromatic heterocycles. The van der Waals surface area contributed by atoms with Crippen molar-refractivity contribution >= 4 is 32.7 Å². The largest absolute Gasteiger partial charge is 0.481 e. The van der Waals surface area contributed by atoms with Crippen LogP contribution in [0.3, 0.4) is 0 Å². The summed E-state index contributed by atoms with van der Waals surface area (Å²) in [5.74, 6) is 0.463. The maximum atomic E-state index is 13.3. The van der Waals surface area contributed by atoms with E-state index in [4.69, 9.17) is 14.2 Å². The van der Waals surface area contributed by atoms with Crippen LogP contribution in [0.1, 0.15) is 11.3 Å². The van der Waals surface area contributed by atoms with E-state index >= 15 is 0 Å². The topological polar surface area (TPSA) is 94.9 Å². The van der Waals surface area contributed by atoms with Gasteiger partial charge in [0.05, 0.1) is 32.3 Å². The zero-order chi connectivity index (χ0) is 24.6. The summed E-state index contributed by atoms with van der Waals surface area (Å²) >= 11 is 0. The Balaban J connectivity index is 1.49. The summed E-state index contributed by atoms with van der Waals surface area (Å²) in [6, 6.07) is 8.36. The molecule has 1 aliphatic heterocycles. The molecule has 35 heavy (non-hydrogen) atoms. The Morgan fingerprint density at radius 3 is 2.63 bits per heavy atom. The first kappa shape index (κ1) is 23.3. The molecule has 0 amide bonds. The fourth-order valence-corrected chi connectivity index (χ4v) is 5.62. The number of fused-ring (bicyclic) bond motifs is 3. The van der Waals surface area contributed by atoms with Gasteiger partial charge >= 0.3 is 0 Å². The summed E-state index contributed by atoms with van der Waals surface area (Å²) in [6.45, 7) is 3.21. The molecule has 3 heterocycles. The van der Waals surface area contributed by atoms with Crippen molar-refractivity contribution in [2.24, 2.45) is 7.05 Å². The first-order valence-electron chi connectivity index (χ1n) is 11.3. The molecule has 184 valence electrons. The Hall–Kier alpha value is -3.50. The fourth-order valence-electron chi connectivity index (χ4n) is 4.54. The van der Waals surface area contributed by atoms with Crippen molar-refractivity contribution in [2.75, 3.05) is 45.2 Å². The lowest BCUT2D eigenvalue weighted by Gasteiger charge is -2.26. The molecule has 0 unspecified atom stereocenters. The number of sulfonamides is 1. The standard InChI is InChI=1S/C25H28N4O5S/c1-28-22-7-4-17(16-29-10-12-34-13-11-29)14-19(22)20-15-18(5-8-23(20)28)35(30,31)27-21-6-9-24(32-2)26-25(21)33-3/h4-9,15-16,27H,10-14H2,1-3H3. The second kappa shape index (κ2) is 9.27. The highest BCUT2D eigenvalue weighted by molar-refractivity contribution is 7.92. The first-order chi connectivity index (χ1) is 16.9. The molecule has 0 saturated carbocycles. The molecule has 1 fully saturated rings. The third-order valence-corrected chi connectivity index (χ3v) is 7.71. The van der Waals surface area contributed by atoms with Crippen molar-refractivity contribution in [2.45, 2.75) is 11.3 Å². The molecule has 3 aromatic rings. The highest BCUT2D eigenvalue weighted by Gasteiger charge is 2.23. The highest BCUT2D eigenvalue weighted by atomic mass is 32.2. The third-order valence-electron chi connectivity index (χ3n) is 6.35. The molecule has 0 radical (unpaired) electrons. The Morgan fingerprint density at radius 2 is 1.89 bits per heavy atom. The van der Waals surface area contributed by atoms with Crippen molar-refractivity contribution in [1.82, 2.24) is 14.5 Å². The molecule has 9 nitrogen and oxygen atoms in total. The van der Waals surface area contributed by atoms with Crippen LogP contribution in [0.15, 0.2) is 53.1 Å². The Kier molecular flexibility index (Phi) is 6.16. The molecule has 0 atom stereocenters. The minimum absolute atomic E-state index is 0.133. The van der Waals surface area contributed by atoms with Crippen LogP contribution in [0, 0.1) is 0 Å². The number of ether oxygens (including phenoxy) is 3. The highest BCUT2D eigenvalue weighted by Crippen LogP contribution is 2.34. The lowest BCUT2D eigenvalue weighted by Crippen LogP contribution is -2.32. The number of anilines is 1. The number of pyridine rings is 1. The number of nitrogens with zero attached hydrogens (tertiary/aromatic N) is 3. The van der Waals surface area contributed by atoms with Gasteiger partial charge in [0.15, 0.2) is 0 Å². The van der Waals surface area contributed by atoms with Crippen LogP contribution in [0.25, 0.3) is 17.0 Å². The van der Waals surface area contributed by atoms with Crippen molar-refractivity contribution in [3.63, 3.8) is 0 Å². The minimum Gasteiger partial charge on any atom is -0.481 e. The van der Waals surface area contributed by atoms with Crippen LogP contribution in [0.2, 0.25) is 0 Å². The molecule has 0 spiro atoms. The van der Waals surface area contributed by atoms with E-state index in [1.807, 2.05) is 13.1 Å². The van der Waals surface area contributed by atoms with Crippen LogP contribution in [0.5, 0.6) is 11.8 Å². The zero-order valence-corrected chi connectivity index (χ0v) is 20.8. The maximum absolute atomic E-state index is 13.3. The molecule has 2 aliphatic rings. The summed E-state index contributed by atoms with van der Waals surface area (Å²) < 4.78 is 47.1. The SMILES string of the molecule is COc1ccc(NS(=O)(=O)c2ccc3c(c2)c2c(n3C)C=CC(=CN3CCOCC3)C2)c(OC)n1. The van der Waals surface area contributed by atoms with Crippen molar-refractivity contribution in [3.8, 4) is 11.8 Å².